The van der Waals surface area contributed by atoms with Crippen LogP contribution in [0.2, 0.25) is 0 Å². The Hall–Kier alpha value is -0.645. The number of hydrogen-bond donors (Lipinski definition) is 0. The minimum atomic E-state index is -0.838. The molecule has 1 aromatic carbocycles. The first kappa shape index (κ1) is 10.4. The topological polar surface area (TPSA) is 52.4 Å². The number of benzene rings is 1. The van der Waals surface area contributed by atoms with Crippen molar-refractivity contribution in [2.75, 3.05) is 0 Å². The predicted molar refractivity (Wildman–Crippen MR) is 34.1 cm³/mol. The summed E-state index contributed by atoms with van der Waals surface area (Å²) in [7, 11) is 0. The largest absolute Gasteiger partial charge is 0.299 e. The Bertz CT molecular complexity index is 227. The van der Waals surface area contributed by atoms with E-state index in [1.165, 1.54) is 12.1 Å². The van der Waals surface area contributed by atoms with E-state index in [1.54, 1.807) is 18.2 Å². The van der Waals surface area contributed by atoms with Crippen LogP contribution < -0.4 is 4.84 Å². The number of para-hydroxylation sites is 1. The van der Waals surface area contributed by atoms with Crippen molar-refractivity contribution < 1.29 is 37.6 Å². The van der Waals surface area contributed by atoms with Gasteiger partial charge in [-0.15, -0.1) is 10.1 Å². The summed E-state index contributed by atoms with van der Waals surface area (Å²) in [5, 5.41) is 8.91. The van der Waals surface area contributed by atoms with E-state index in [9.17, 15) is 10.1 Å². The van der Waals surface area contributed by atoms with Crippen molar-refractivity contribution in [1.29, 1.82) is 0 Å². The molecule has 11 heavy (non-hydrogen) atoms. The molecule has 0 aliphatic rings. The van der Waals surface area contributed by atoms with Crippen LogP contribution in [0.4, 0.5) is 0 Å². The van der Waals surface area contributed by atoms with Crippen LogP contribution in [0.5, 0.6) is 5.75 Å². The van der Waals surface area contributed by atoms with Crippen molar-refractivity contribution in [2.24, 2.45) is 0 Å². The molecule has 0 aliphatic heterocycles. The summed E-state index contributed by atoms with van der Waals surface area (Å²) >= 11 is 0. The van der Waals surface area contributed by atoms with Crippen LogP contribution in [0.3, 0.4) is 0 Å². The van der Waals surface area contributed by atoms with Crippen LogP contribution in [-0.2, 0) is 27.7 Å². The molecular formula is C6H5HgNO3. The molecule has 0 atom stereocenters. The first-order valence-corrected chi connectivity index (χ1v) is 2.66. The molecule has 0 radical (unpaired) electrons. The second-order valence-corrected chi connectivity index (χ2v) is 1.63. The van der Waals surface area contributed by atoms with Gasteiger partial charge >= 0.3 is 0 Å². The zero-order chi connectivity index (χ0) is 7.40. The summed E-state index contributed by atoms with van der Waals surface area (Å²) < 4.78 is 0. The van der Waals surface area contributed by atoms with Crippen LogP contribution in [0.15, 0.2) is 30.3 Å². The first-order chi connectivity index (χ1) is 4.79. The zero-order valence-corrected chi connectivity index (χ0v) is 11.3. The molecule has 0 saturated heterocycles. The van der Waals surface area contributed by atoms with Crippen LogP contribution in [-0.4, -0.2) is 5.09 Å². The second kappa shape index (κ2) is 5.06. The first-order valence-electron chi connectivity index (χ1n) is 2.66. The number of hydrogen-bond acceptors (Lipinski definition) is 3. The molecule has 54 valence electrons. The number of rotatable bonds is 2. The molecule has 0 heterocycles. The Labute approximate surface area is 83.8 Å². The normalized spacial score (nSPS) is 8.00. The van der Waals surface area contributed by atoms with E-state index in [0.29, 0.717) is 0 Å². The third-order valence-corrected chi connectivity index (χ3v) is 0.923. The summed E-state index contributed by atoms with van der Waals surface area (Å²) in [6, 6.07) is 8.12. The van der Waals surface area contributed by atoms with E-state index < -0.39 is 5.09 Å². The van der Waals surface area contributed by atoms with Crippen molar-refractivity contribution in [1.82, 2.24) is 0 Å². The summed E-state index contributed by atoms with van der Waals surface area (Å²) in [6.07, 6.45) is 0. The van der Waals surface area contributed by atoms with Crippen molar-refractivity contribution in [3.63, 3.8) is 0 Å². The molecule has 0 N–H and O–H groups in total. The van der Waals surface area contributed by atoms with E-state index in [-0.39, 0.29) is 33.4 Å². The van der Waals surface area contributed by atoms with Gasteiger partial charge in [0.2, 0.25) is 0 Å². The molecule has 1 rings (SSSR count). The molecule has 0 unspecified atom stereocenters. The minimum absolute atomic E-state index is 0. The molecule has 0 aliphatic carbocycles. The molecule has 0 spiro atoms. The Morgan fingerprint density at radius 3 is 2.27 bits per heavy atom. The van der Waals surface area contributed by atoms with Crippen molar-refractivity contribution in [3.8, 4) is 5.75 Å². The zero-order valence-electron chi connectivity index (χ0n) is 5.77. The Kier molecular flexibility index (Phi) is 4.77. The third kappa shape index (κ3) is 3.93. The van der Waals surface area contributed by atoms with Gasteiger partial charge in [0.25, 0.3) is 5.09 Å². The van der Waals surface area contributed by atoms with Gasteiger partial charge in [-0.25, -0.2) is 0 Å². The predicted octanol–water partition coefficient (Wildman–Crippen LogP) is 1.25. The molecule has 5 heteroatoms. The average molecular weight is 340 g/mol. The second-order valence-electron chi connectivity index (χ2n) is 1.63. The van der Waals surface area contributed by atoms with Crippen LogP contribution >= 0.6 is 0 Å². The van der Waals surface area contributed by atoms with Crippen molar-refractivity contribution in [3.05, 3.63) is 40.4 Å². The van der Waals surface area contributed by atoms with Gasteiger partial charge < -0.3 is 0 Å². The van der Waals surface area contributed by atoms with Gasteiger partial charge in [-0.3, -0.25) is 4.84 Å². The van der Waals surface area contributed by atoms with Gasteiger partial charge in [0.05, 0.1) is 0 Å². The fraction of sp³-hybridized carbons (Fsp3) is 0. The van der Waals surface area contributed by atoms with E-state index >= 15 is 0 Å². The molecular weight excluding hydrogens is 335 g/mol. The van der Waals surface area contributed by atoms with Gasteiger partial charge in [0, 0.05) is 27.7 Å². The minimum Gasteiger partial charge on any atom is -0.276 e. The van der Waals surface area contributed by atoms with E-state index in [4.69, 9.17) is 0 Å². The molecule has 1 aromatic rings. The molecule has 0 aromatic heterocycles. The average Bonchev–Trinajstić information content (AvgIpc) is 1.88. The Balaban J connectivity index is 0.000001000. The maximum absolute atomic E-state index is 9.75. The summed E-state index contributed by atoms with van der Waals surface area (Å²) in [5.74, 6) is 0.243. The van der Waals surface area contributed by atoms with Gasteiger partial charge in [-0.05, 0) is 12.1 Å². The van der Waals surface area contributed by atoms with Gasteiger partial charge in [-0.1, -0.05) is 18.2 Å². The van der Waals surface area contributed by atoms with E-state index in [1.807, 2.05) is 0 Å². The molecule has 0 amide bonds. The summed E-state index contributed by atoms with van der Waals surface area (Å²) in [5.41, 5.74) is 0. The Morgan fingerprint density at radius 2 is 1.82 bits per heavy atom. The molecule has 0 saturated carbocycles. The van der Waals surface area contributed by atoms with Gasteiger partial charge in [0.15, 0.2) is 0 Å². The molecule has 0 fully saturated rings. The third-order valence-electron chi connectivity index (χ3n) is 0.923. The van der Waals surface area contributed by atoms with Crippen LogP contribution in [0.25, 0.3) is 0 Å². The monoisotopic (exact) mass is 341 g/mol. The van der Waals surface area contributed by atoms with Crippen molar-refractivity contribution in [2.45, 2.75) is 0 Å². The molecule has 4 nitrogen and oxygen atoms in total. The SMILES string of the molecule is O=[N+]([O-])Oc1ccccc1.[Hg]. The summed E-state index contributed by atoms with van der Waals surface area (Å²) in [6.45, 7) is 0. The number of nitrogens with zero attached hydrogens (tertiary/aromatic N) is 1. The van der Waals surface area contributed by atoms with Crippen LogP contribution in [0, 0.1) is 10.1 Å². The van der Waals surface area contributed by atoms with E-state index in [0.717, 1.165) is 0 Å². The van der Waals surface area contributed by atoms with Crippen LogP contribution in [0.1, 0.15) is 0 Å². The van der Waals surface area contributed by atoms with Crippen molar-refractivity contribution >= 4 is 0 Å². The molecule has 0 bridgehead atoms. The smallest absolute Gasteiger partial charge is 0.276 e. The maximum Gasteiger partial charge on any atom is 0.299 e. The fourth-order valence-electron chi connectivity index (χ4n) is 0.567. The summed E-state index contributed by atoms with van der Waals surface area (Å²) in [4.78, 5) is 13.9. The maximum atomic E-state index is 9.75. The quantitative estimate of drug-likeness (QED) is 0.463. The van der Waals surface area contributed by atoms with Gasteiger partial charge in [0.1, 0.15) is 5.75 Å². The standard InChI is InChI=1S/C6H5NO3.Hg/c8-7(9)10-6-4-2-1-3-5-6;/h1-5H;. The Morgan fingerprint density at radius 1 is 1.27 bits per heavy atom. The van der Waals surface area contributed by atoms with E-state index in [2.05, 4.69) is 4.84 Å². The fourth-order valence-corrected chi connectivity index (χ4v) is 0.567. The van der Waals surface area contributed by atoms with Gasteiger partial charge in [-0.2, -0.15) is 0 Å².